The predicted octanol–water partition coefficient (Wildman–Crippen LogP) is 6.90. The number of carbonyl (C=O) groups is 1. The fourth-order valence-corrected chi connectivity index (χ4v) is 4.59. The number of amides is 1. The van der Waals surface area contributed by atoms with E-state index in [1.54, 1.807) is 30.3 Å². The van der Waals surface area contributed by atoms with Gasteiger partial charge < -0.3 is 0 Å². The van der Waals surface area contributed by atoms with Crippen LogP contribution in [0.25, 0.3) is 16.3 Å². The number of carbonyl (C=O) groups excluding carboxylic acids is 1. The molecule has 0 N–H and O–H groups in total. The molecule has 166 valence electrons. The summed E-state index contributed by atoms with van der Waals surface area (Å²) in [5, 5.41) is 11.7. The number of fused-ring (bicyclic) bond motifs is 1. The third-order valence-corrected chi connectivity index (χ3v) is 6.30. The minimum atomic E-state index is -2.55. The Balaban J connectivity index is 1.72. The third-order valence-electron chi connectivity index (χ3n) is 4.55. The zero-order chi connectivity index (χ0) is 23.4. The summed E-state index contributed by atoms with van der Waals surface area (Å²) in [6, 6.07) is 19.6. The first-order valence-electron chi connectivity index (χ1n) is 9.58. The molecule has 0 aliphatic rings. The largest absolute Gasteiger partial charge is 0.288 e. The summed E-state index contributed by atoms with van der Waals surface area (Å²) in [7, 11) is 0. The third kappa shape index (κ3) is 5.24. The summed E-state index contributed by atoms with van der Waals surface area (Å²) in [4.78, 5) is 30.2. The number of para-hydroxylation sites is 2. The van der Waals surface area contributed by atoms with Gasteiger partial charge in [-0.25, -0.2) is 4.98 Å². The number of thioether (sulfide) groups is 1. The van der Waals surface area contributed by atoms with Gasteiger partial charge in [-0.3, -0.25) is 19.8 Å². The lowest BCUT2D eigenvalue weighted by molar-refractivity contribution is -0.385. The first-order valence-corrected chi connectivity index (χ1v) is 11.3. The monoisotopic (exact) mass is 483 g/mol. The highest BCUT2D eigenvalue weighted by Crippen LogP contribution is 2.35. The summed E-state index contributed by atoms with van der Waals surface area (Å²) >= 11 is 1.71. The van der Waals surface area contributed by atoms with Crippen LogP contribution in [0.4, 0.5) is 25.3 Å². The molecule has 1 aromatic heterocycles. The van der Waals surface area contributed by atoms with E-state index in [2.05, 4.69) is 4.98 Å². The lowest BCUT2D eigenvalue weighted by Gasteiger charge is -2.18. The molecular formula is C23H15F2N3O3S2. The number of aromatic nitrogens is 1. The number of hydrogen-bond acceptors (Lipinski definition) is 6. The van der Waals surface area contributed by atoms with Crippen molar-refractivity contribution >= 4 is 61.8 Å². The van der Waals surface area contributed by atoms with E-state index in [0.717, 1.165) is 4.70 Å². The van der Waals surface area contributed by atoms with Crippen LogP contribution >= 0.6 is 23.1 Å². The Morgan fingerprint density at radius 1 is 1.06 bits per heavy atom. The molecule has 4 rings (SSSR count). The molecular weight excluding hydrogens is 468 g/mol. The van der Waals surface area contributed by atoms with Gasteiger partial charge in [0.05, 0.1) is 26.4 Å². The van der Waals surface area contributed by atoms with Crippen molar-refractivity contribution in [3.63, 3.8) is 0 Å². The van der Waals surface area contributed by atoms with Gasteiger partial charge >= 0.3 is 0 Å². The van der Waals surface area contributed by atoms with E-state index in [-0.39, 0.29) is 11.3 Å². The second kappa shape index (κ2) is 9.88. The van der Waals surface area contributed by atoms with Crippen LogP contribution in [-0.2, 0) is 4.79 Å². The van der Waals surface area contributed by atoms with Crippen molar-refractivity contribution in [2.24, 2.45) is 0 Å². The Labute approximate surface area is 195 Å². The zero-order valence-electron chi connectivity index (χ0n) is 16.8. The normalized spacial score (nSPS) is 11.4. The van der Waals surface area contributed by atoms with E-state index < -0.39 is 16.6 Å². The van der Waals surface area contributed by atoms with Gasteiger partial charge in [-0.15, -0.1) is 0 Å². The molecule has 0 bridgehead atoms. The maximum atomic E-state index is 13.2. The average molecular weight is 484 g/mol. The number of benzene rings is 3. The molecule has 0 aliphatic carbocycles. The fourth-order valence-electron chi connectivity index (χ4n) is 3.09. The number of nitro groups is 1. The Bertz CT molecular complexity index is 1310. The van der Waals surface area contributed by atoms with E-state index in [0.29, 0.717) is 33.0 Å². The van der Waals surface area contributed by atoms with Crippen molar-refractivity contribution in [3.8, 4) is 0 Å². The molecule has 6 nitrogen and oxygen atoms in total. The van der Waals surface area contributed by atoms with Crippen LogP contribution in [0.2, 0.25) is 0 Å². The molecule has 1 amide bonds. The van der Waals surface area contributed by atoms with Gasteiger partial charge in [0.25, 0.3) is 17.4 Å². The molecule has 3 aromatic carbocycles. The van der Waals surface area contributed by atoms with E-state index in [4.69, 9.17) is 0 Å². The first-order chi connectivity index (χ1) is 15.9. The van der Waals surface area contributed by atoms with Gasteiger partial charge in [-0.05, 0) is 48.5 Å². The van der Waals surface area contributed by atoms with Gasteiger partial charge in [-0.2, -0.15) is 8.78 Å². The molecule has 0 spiro atoms. The van der Waals surface area contributed by atoms with Crippen molar-refractivity contribution in [2.75, 3.05) is 4.90 Å². The van der Waals surface area contributed by atoms with E-state index in [9.17, 15) is 23.7 Å². The minimum Gasteiger partial charge on any atom is -0.269 e. The molecule has 0 atom stereocenters. The van der Waals surface area contributed by atoms with Crippen molar-refractivity contribution in [1.29, 1.82) is 0 Å². The van der Waals surface area contributed by atoms with Crippen LogP contribution in [0, 0.1) is 10.1 Å². The molecule has 0 aliphatic heterocycles. The molecule has 10 heteroatoms. The Morgan fingerprint density at radius 2 is 1.76 bits per heavy atom. The van der Waals surface area contributed by atoms with Crippen molar-refractivity contribution in [1.82, 2.24) is 4.98 Å². The predicted molar refractivity (Wildman–Crippen MR) is 127 cm³/mol. The molecule has 0 radical (unpaired) electrons. The Morgan fingerprint density at radius 3 is 2.45 bits per heavy atom. The van der Waals surface area contributed by atoms with E-state index in [1.165, 1.54) is 46.6 Å². The molecule has 4 aromatic rings. The van der Waals surface area contributed by atoms with Crippen LogP contribution in [0.1, 0.15) is 5.56 Å². The van der Waals surface area contributed by atoms with Gasteiger partial charge in [0, 0.05) is 17.0 Å². The second-order valence-electron chi connectivity index (χ2n) is 6.66. The molecule has 0 fully saturated rings. The maximum absolute atomic E-state index is 13.2. The molecule has 1 heterocycles. The number of nitro benzene ring substituents is 1. The first kappa shape index (κ1) is 22.6. The highest BCUT2D eigenvalue weighted by atomic mass is 32.2. The Hall–Kier alpha value is -3.63. The van der Waals surface area contributed by atoms with Crippen LogP contribution < -0.4 is 4.90 Å². The molecule has 33 heavy (non-hydrogen) atoms. The summed E-state index contributed by atoms with van der Waals surface area (Å²) < 4.78 is 26.2. The summed E-state index contributed by atoms with van der Waals surface area (Å²) in [6.07, 6.45) is 2.61. The van der Waals surface area contributed by atoms with Crippen LogP contribution in [0.15, 0.2) is 83.8 Å². The van der Waals surface area contributed by atoms with Gasteiger partial charge in [0.15, 0.2) is 5.13 Å². The number of rotatable bonds is 7. The molecule has 0 saturated heterocycles. The lowest BCUT2D eigenvalue weighted by Crippen LogP contribution is -2.23. The highest BCUT2D eigenvalue weighted by molar-refractivity contribution is 7.99. The average Bonchev–Trinajstić information content (AvgIpc) is 3.22. The fraction of sp³-hybridized carbons (Fsp3) is 0.0435. The van der Waals surface area contributed by atoms with Crippen molar-refractivity contribution in [2.45, 2.75) is 10.7 Å². The van der Waals surface area contributed by atoms with E-state index >= 15 is 0 Å². The smallest absolute Gasteiger partial charge is 0.269 e. The summed E-state index contributed by atoms with van der Waals surface area (Å²) in [6.45, 7) is 0. The second-order valence-corrected chi connectivity index (χ2v) is 8.73. The number of nitrogens with zero attached hydrogens (tertiary/aromatic N) is 3. The number of anilines is 2. The van der Waals surface area contributed by atoms with E-state index in [1.807, 2.05) is 24.3 Å². The number of thiazole rings is 1. The number of halogens is 2. The number of alkyl halides is 2. The SMILES string of the molecule is O=C(C=Cc1ccccc1[N+](=O)[O-])N(c1ccc(SC(F)F)cc1)c1nc2ccccc2s1. The minimum absolute atomic E-state index is 0.124. The zero-order valence-corrected chi connectivity index (χ0v) is 18.4. The summed E-state index contributed by atoms with van der Waals surface area (Å²) in [5.74, 6) is -3.04. The van der Waals surface area contributed by atoms with Gasteiger partial charge in [0.1, 0.15) is 0 Å². The standard InChI is InChI=1S/C23H15F2N3O3S2/c24-22(25)32-17-12-10-16(11-13-17)27(23-26-18-6-2-4-8-20(18)33-23)21(29)14-9-15-5-1-3-7-19(15)28(30)31/h1-14,22H. The lowest BCUT2D eigenvalue weighted by atomic mass is 10.1. The Kier molecular flexibility index (Phi) is 6.76. The topological polar surface area (TPSA) is 76.3 Å². The van der Waals surface area contributed by atoms with Crippen LogP contribution in [0.3, 0.4) is 0 Å². The highest BCUT2D eigenvalue weighted by Gasteiger charge is 2.21. The van der Waals surface area contributed by atoms with Crippen LogP contribution in [-0.4, -0.2) is 21.6 Å². The van der Waals surface area contributed by atoms with Gasteiger partial charge in [0.2, 0.25) is 0 Å². The van der Waals surface area contributed by atoms with Crippen LogP contribution in [0.5, 0.6) is 0 Å². The van der Waals surface area contributed by atoms with Crippen molar-refractivity contribution < 1.29 is 18.5 Å². The molecule has 0 saturated carbocycles. The maximum Gasteiger partial charge on any atom is 0.288 e. The number of hydrogen-bond donors (Lipinski definition) is 0. The summed E-state index contributed by atoms with van der Waals surface area (Å²) in [5.41, 5.74) is 1.30. The van der Waals surface area contributed by atoms with Gasteiger partial charge in [-0.1, -0.05) is 47.4 Å². The molecule has 0 unspecified atom stereocenters. The quantitative estimate of drug-likeness (QED) is 0.124. The van der Waals surface area contributed by atoms with Crippen molar-refractivity contribution in [3.05, 3.63) is 94.6 Å².